The van der Waals surface area contributed by atoms with Gasteiger partial charge in [0.2, 0.25) is 5.91 Å². The summed E-state index contributed by atoms with van der Waals surface area (Å²) in [4.78, 5) is 25.1. The number of amides is 2. The molecule has 0 aliphatic heterocycles. The molecule has 120 valence electrons. The normalized spacial score (nSPS) is 14.7. The van der Waals surface area contributed by atoms with Gasteiger partial charge in [-0.25, -0.2) is 0 Å². The quantitative estimate of drug-likeness (QED) is 0.897. The van der Waals surface area contributed by atoms with Crippen LogP contribution in [0.1, 0.15) is 30.9 Å². The van der Waals surface area contributed by atoms with Gasteiger partial charge in [-0.15, -0.1) is 0 Å². The van der Waals surface area contributed by atoms with Crippen LogP contribution in [0.5, 0.6) is 5.75 Å². The smallest absolute Gasteiger partial charge is 0.258 e. The van der Waals surface area contributed by atoms with Crippen LogP contribution in [-0.4, -0.2) is 43.5 Å². The van der Waals surface area contributed by atoms with E-state index in [1.54, 1.807) is 21.0 Å². The molecule has 2 rings (SSSR count). The number of nitrogens with one attached hydrogen (secondary N) is 1. The van der Waals surface area contributed by atoms with Gasteiger partial charge < -0.3 is 15.0 Å². The van der Waals surface area contributed by atoms with E-state index in [9.17, 15) is 9.59 Å². The Kier molecular flexibility index (Phi) is 5.41. The van der Waals surface area contributed by atoms with Crippen LogP contribution in [0, 0.1) is 0 Å². The number of benzene rings is 1. The topological polar surface area (TPSA) is 58.6 Å². The molecule has 1 aliphatic rings. The lowest BCUT2D eigenvalue weighted by atomic mass is 9.91. The summed E-state index contributed by atoms with van der Waals surface area (Å²) < 4.78 is 5.67. The van der Waals surface area contributed by atoms with Crippen LogP contribution in [0.3, 0.4) is 0 Å². The summed E-state index contributed by atoms with van der Waals surface area (Å²) in [7, 11) is 3.33. The Morgan fingerprint density at radius 2 is 2.00 bits per heavy atom. The molecule has 0 saturated heterocycles. The van der Waals surface area contributed by atoms with Gasteiger partial charge in [0.25, 0.3) is 5.91 Å². The van der Waals surface area contributed by atoms with Gasteiger partial charge in [-0.2, -0.15) is 0 Å². The van der Waals surface area contributed by atoms with Crippen LogP contribution >= 0.6 is 0 Å². The minimum absolute atomic E-state index is 0.0680. The lowest BCUT2D eigenvalue weighted by molar-refractivity contribution is -0.134. The van der Waals surface area contributed by atoms with Crippen molar-refractivity contribution in [3.8, 4) is 5.75 Å². The molecule has 2 amide bonds. The Morgan fingerprint density at radius 3 is 2.73 bits per heavy atom. The second-order valence-electron chi connectivity index (χ2n) is 5.91. The Morgan fingerprint density at radius 1 is 1.27 bits per heavy atom. The largest absolute Gasteiger partial charge is 0.483 e. The molecule has 5 heteroatoms. The van der Waals surface area contributed by atoms with Crippen LogP contribution in [0.2, 0.25) is 0 Å². The van der Waals surface area contributed by atoms with Crippen molar-refractivity contribution in [2.24, 2.45) is 0 Å². The third-order valence-electron chi connectivity index (χ3n) is 3.90. The average molecular weight is 304 g/mol. The number of rotatable bonds is 5. The van der Waals surface area contributed by atoms with Crippen molar-refractivity contribution in [1.82, 2.24) is 10.2 Å². The zero-order valence-corrected chi connectivity index (χ0v) is 13.5. The molecule has 1 N–H and O–H groups in total. The molecule has 1 aromatic rings. The molecule has 0 heterocycles. The maximum Gasteiger partial charge on any atom is 0.258 e. The van der Waals surface area contributed by atoms with Crippen LogP contribution < -0.4 is 10.1 Å². The van der Waals surface area contributed by atoms with E-state index in [4.69, 9.17) is 4.74 Å². The SMILES string of the molecule is C[C@H](NC(=O)COc1cccc2c1CCCC2)C(=O)N(C)C. The van der Waals surface area contributed by atoms with E-state index in [-0.39, 0.29) is 18.4 Å². The molecule has 1 aromatic carbocycles. The fourth-order valence-corrected chi connectivity index (χ4v) is 2.76. The number of nitrogens with zero attached hydrogens (tertiary/aromatic N) is 1. The number of aryl methyl sites for hydroxylation is 1. The molecule has 0 fully saturated rings. The van der Waals surface area contributed by atoms with Gasteiger partial charge in [0.1, 0.15) is 11.8 Å². The summed E-state index contributed by atoms with van der Waals surface area (Å²) in [5.74, 6) is 0.375. The van der Waals surface area contributed by atoms with Gasteiger partial charge in [-0.3, -0.25) is 9.59 Å². The minimum atomic E-state index is -0.546. The summed E-state index contributed by atoms with van der Waals surface area (Å²) in [6.45, 7) is 1.60. The lowest BCUT2D eigenvalue weighted by Crippen LogP contribution is -2.45. The Labute approximate surface area is 131 Å². The number of hydrogen-bond donors (Lipinski definition) is 1. The Balaban J connectivity index is 1.90. The van der Waals surface area contributed by atoms with Gasteiger partial charge in [0.05, 0.1) is 0 Å². The first-order chi connectivity index (χ1) is 10.5. The Bertz CT molecular complexity index is 555. The fraction of sp³-hybridized carbons (Fsp3) is 0.529. The molecule has 0 bridgehead atoms. The number of carbonyl (C=O) groups is 2. The molecule has 22 heavy (non-hydrogen) atoms. The van der Waals surface area contributed by atoms with E-state index in [1.807, 2.05) is 12.1 Å². The van der Waals surface area contributed by atoms with E-state index < -0.39 is 6.04 Å². The molecular weight excluding hydrogens is 280 g/mol. The van der Waals surface area contributed by atoms with E-state index >= 15 is 0 Å². The molecule has 5 nitrogen and oxygen atoms in total. The highest BCUT2D eigenvalue weighted by Gasteiger charge is 2.18. The number of fused-ring (bicyclic) bond motifs is 1. The molecule has 0 radical (unpaired) electrons. The number of hydrogen-bond acceptors (Lipinski definition) is 3. The van der Waals surface area contributed by atoms with E-state index in [0.717, 1.165) is 25.0 Å². The summed E-state index contributed by atoms with van der Waals surface area (Å²) in [5.41, 5.74) is 2.54. The average Bonchev–Trinajstić information content (AvgIpc) is 2.51. The van der Waals surface area contributed by atoms with Crippen LogP contribution in [0.25, 0.3) is 0 Å². The molecule has 0 spiro atoms. The van der Waals surface area contributed by atoms with E-state index in [0.29, 0.717) is 0 Å². The molecule has 1 aliphatic carbocycles. The predicted octanol–water partition coefficient (Wildman–Crippen LogP) is 1.54. The number of likely N-dealkylation sites (N-methyl/N-ethyl adjacent to an activating group) is 1. The monoisotopic (exact) mass is 304 g/mol. The third-order valence-corrected chi connectivity index (χ3v) is 3.90. The maximum absolute atomic E-state index is 11.9. The molecule has 1 atom stereocenters. The minimum Gasteiger partial charge on any atom is -0.483 e. The zero-order valence-electron chi connectivity index (χ0n) is 13.5. The van der Waals surface area contributed by atoms with Crippen LogP contribution in [0.4, 0.5) is 0 Å². The number of ether oxygens (including phenoxy) is 1. The summed E-state index contributed by atoms with van der Waals surface area (Å²) in [6, 6.07) is 5.46. The molecular formula is C17H24N2O3. The first kappa shape index (κ1) is 16.3. The fourth-order valence-electron chi connectivity index (χ4n) is 2.76. The van der Waals surface area contributed by atoms with E-state index in [2.05, 4.69) is 11.4 Å². The highest BCUT2D eigenvalue weighted by molar-refractivity contribution is 5.87. The zero-order chi connectivity index (χ0) is 16.1. The van der Waals surface area contributed by atoms with Gasteiger partial charge in [0.15, 0.2) is 6.61 Å². The lowest BCUT2D eigenvalue weighted by Gasteiger charge is -2.20. The van der Waals surface area contributed by atoms with Crippen molar-refractivity contribution < 1.29 is 14.3 Å². The molecule has 0 aromatic heterocycles. The third kappa shape index (κ3) is 4.00. The highest BCUT2D eigenvalue weighted by atomic mass is 16.5. The maximum atomic E-state index is 11.9. The summed E-state index contributed by atoms with van der Waals surface area (Å²) in [6.07, 6.45) is 4.45. The summed E-state index contributed by atoms with van der Waals surface area (Å²) >= 11 is 0. The van der Waals surface area contributed by atoms with Crippen molar-refractivity contribution in [1.29, 1.82) is 0 Å². The number of carbonyl (C=O) groups excluding carboxylic acids is 2. The predicted molar refractivity (Wildman–Crippen MR) is 84.9 cm³/mol. The molecule has 0 unspecified atom stereocenters. The summed E-state index contributed by atoms with van der Waals surface area (Å²) in [5, 5.41) is 2.66. The second kappa shape index (κ2) is 7.29. The van der Waals surface area contributed by atoms with Crippen molar-refractivity contribution >= 4 is 11.8 Å². The molecule has 0 saturated carbocycles. The van der Waals surface area contributed by atoms with Gasteiger partial charge in [0, 0.05) is 14.1 Å². The van der Waals surface area contributed by atoms with Crippen molar-refractivity contribution in [3.05, 3.63) is 29.3 Å². The standard InChI is InChI=1S/C17H24N2O3/c1-12(17(21)19(2)3)18-16(20)11-22-15-10-6-8-13-7-4-5-9-14(13)15/h6,8,10,12H,4-5,7,9,11H2,1-3H3,(H,18,20)/t12-/m0/s1. The van der Waals surface area contributed by atoms with Crippen LogP contribution in [0.15, 0.2) is 18.2 Å². The van der Waals surface area contributed by atoms with Gasteiger partial charge in [-0.1, -0.05) is 12.1 Å². The highest BCUT2D eigenvalue weighted by Crippen LogP contribution is 2.29. The van der Waals surface area contributed by atoms with Gasteiger partial charge >= 0.3 is 0 Å². The first-order valence-electron chi connectivity index (χ1n) is 7.73. The first-order valence-corrected chi connectivity index (χ1v) is 7.73. The van der Waals surface area contributed by atoms with E-state index in [1.165, 1.54) is 22.4 Å². The Hall–Kier alpha value is -2.04. The second-order valence-corrected chi connectivity index (χ2v) is 5.91. The van der Waals surface area contributed by atoms with Crippen LogP contribution in [-0.2, 0) is 22.4 Å². The van der Waals surface area contributed by atoms with Crippen molar-refractivity contribution in [2.75, 3.05) is 20.7 Å². The van der Waals surface area contributed by atoms with Crippen molar-refractivity contribution in [2.45, 2.75) is 38.6 Å². The van der Waals surface area contributed by atoms with Gasteiger partial charge in [-0.05, 0) is 49.8 Å². The van der Waals surface area contributed by atoms with Crippen molar-refractivity contribution in [3.63, 3.8) is 0 Å².